The fourth-order valence-corrected chi connectivity index (χ4v) is 2.74. The number of pyridine rings is 1. The predicted octanol–water partition coefficient (Wildman–Crippen LogP) is 5.42. The van der Waals surface area contributed by atoms with Crippen LogP contribution in [0.15, 0.2) is 73.1 Å². The molecule has 0 aliphatic carbocycles. The Hall–Kier alpha value is -3.60. The maximum absolute atomic E-state index is 12.2. The van der Waals surface area contributed by atoms with Crippen LogP contribution in [-0.4, -0.2) is 24.2 Å². The highest BCUT2D eigenvalue weighted by Crippen LogP contribution is 2.29. The van der Waals surface area contributed by atoms with E-state index in [1.807, 2.05) is 73.7 Å². The van der Waals surface area contributed by atoms with Gasteiger partial charge in [0.1, 0.15) is 5.75 Å². The van der Waals surface area contributed by atoms with E-state index in [0.29, 0.717) is 31.1 Å². The smallest absolute Gasteiger partial charge is 0.311 e. The summed E-state index contributed by atoms with van der Waals surface area (Å²) in [6, 6.07) is 18.9. The van der Waals surface area contributed by atoms with E-state index in [-0.39, 0.29) is 12.4 Å². The normalized spacial score (nSPS) is 10.7. The maximum atomic E-state index is 12.2. The Bertz CT molecular complexity index is 955. The molecule has 0 atom stereocenters. The fraction of sp³-hybridized carbons (Fsp3) is 0.200. The third-order valence-corrected chi connectivity index (χ3v) is 4.20. The highest BCUT2D eigenvalue weighted by molar-refractivity contribution is 5.75. The number of esters is 1. The number of nitrogens with zero attached hydrogens (tertiary/aromatic N) is 1. The molecular formula is C25H25NO4. The average Bonchev–Trinajstić information content (AvgIpc) is 2.78. The molecule has 1 aromatic heterocycles. The van der Waals surface area contributed by atoms with Crippen molar-refractivity contribution in [3.8, 4) is 17.2 Å². The van der Waals surface area contributed by atoms with E-state index in [1.54, 1.807) is 18.5 Å². The first-order valence-corrected chi connectivity index (χ1v) is 9.98. The van der Waals surface area contributed by atoms with Gasteiger partial charge < -0.3 is 14.2 Å². The highest BCUT2D eigenvalue weighted by Gasteiger charge is 2.11. The van der Waals surface area contributed by atoms with Crippen LogP contribution in [0.3, 0.4) is 0 Å². The first-order valence-electron chi connectivity index (χ1n) is 9.98. The van der Waals surface area contributed by atoms with Gasteiger partial charge in [0.05, 0.1) is 13.2 Å². The number of benzene rings is 2. The van der Waals surface area contributed by atoms with E-state index < -0.39 is 0 Å². The molecule has 0 radical (unpaired) electrons. The van der Waals surface area contributed by atoms with Crippen molar-refractivity contribution >= 4 is 18.1 Å². The molecule has 2 aromatic carbocycles. The molecule has 0 spiro atoms. The topological polar surface area (TPSA) is 57.7 Å². The maximum Gasteiger partial charge on any atom is 0.311 e. The van der Waals surface area contributed by atoms with Gasteiger partial charge in [0, 0.05) is 18.8 Å². The molecule has 3 aromatic rings. The number of ether oxygens (including phenoxy) is 3. The van der Waals surface area contributed by atoms with Gasteiger partial charge in [-0.25, -0.2) is 0 Å². The van der Waals surface area contributed by atoms with Crippen molar-refractivity contribution in [1.82, 2.24) is 4.98 Å². The summed E-state index contributed by atoms with van der Waals surface area (Å²) in [7, 11) is 0. The molecule has 0 bridgehead atoms. The number of aromatic nitrogens is 1. The van der Waals surface area contributed by atoms with Crippen molar-refractivity contribution in [2.45, 2.75) is 19.8 Å². The number of carbonyl (C=O) groups is 1. The van der Waals surface area contributed by atoms with Crippen LogP contribution in [0.2, 0.25) is 0 Å². The summed E-state index contributed by atoms with van der Waals surface area (Å²) >= 11 is 0. The SMILES string of the molecule is CCOc1cc(/C=C/c2ccncc2)ccc1OC(=O)CCCOc1ccccc1. The molecule has 30 heavy (non-hydrogen) atoms. The van der Waals surface area contributed by atoms with E-state index in [0.717, 1.165) is 16.9 Å². The van der Waals surface area contributed by atoms with E-state index in [4.69, 9.17) is 14.2 Å². The van der Waals surface area contributed by atoms with Crippen molar-refractivity contribution in [3.05, 3.63) is 84.2 Å². The number of rotatable bonds is 10. The molecule has 0 saturated heterocycles. The molecule has 0 aliphatic heterocycles. The van der Waals surface area contributed by atoms with Gasteiger partial charge in [0.15, 0.2) is 11.5 Å². The number of hydrogen-bond donors (Lipinski definition) is 0. The number of carbonyl (C=O) groups excluding carboxylic acids is 1. The summed E-state index contributed by atoms with van der Waals surface area (Å²) in [6.07, 6.45) is 8.31. The Balaban J connectivity index is 1.55. The van der Waals surface area contributed by atoms with Gasteiger partial charge in [0.2, 0.25) is 0 Å². The number of hydrogen-bond acceptors (Lipinski definition) is 5. The second kappa shape index (κ2) is 11.4. The van der Waals surface area contributed by atoms with Crippen LogP contribution < -0.4 is 14.2 Å². The lowest BCUT2D eigenvalue weighted by Crippen LogP contribution is -2.11. The van der Waals surface area contributed by atoms with Gasteiger partial charge in [0.25, 0.3) is 0 Å². The van der Waals surface area contributed by atoms with E-state index >= 15 is 0 Å². The van der Waals surface area contributed by atoms with Crippen LogP contribution >= 0.6 is 0 Å². The zero-order chi connectivity index (χ0) is 21.0. The largest absolute Gasteiger partial charge is 0.494 e. The Morgan fingerprint density at radius 2 is 1.67 bits per heavy atom. The first-order chi connectivity index (χ1) is 14.7. The predicted molar refractivity (Wildman–Crippen MR) is 118 cm³/mol. The highest BCUT2D eigenvalue weighted by atomic mass is 16.6. The van der Waals surface area contributed by atoms with Gasteiger partial charge in [-0.15, -0.1) is 0 Å². The van der Waals surface area contributed by atoms with E-state index in [1.165, 1.54) is 0 Å². The fourth-order valence-electron chi connectivity index (χ4n) is 2.74. The standard InChI is InChI=1S/C25H25NO4/c1-2-28-24-19-21(11-10-20-14-16-26-17-15-20)12-13-23(24)30-25(27)9-6-18-29-22-7-4-3-5-8-22/h3-5,7-8,10-17,19H,2,6,9,18H2,1H3/b11-10+. The van der Waals surface area contributed by atoms with Crippen molar-refractivity contribution in [1.29, 1.82) is 0 Å². The minimum absolute atomic E-state index is 0.266. The van der Waals surface area contributed by atoms with Crippen molar-refractivity contribution < 1.29 is 19.0 Å². The quantitative estimate of drug-likeness (QED) is 0.257. The van der Waals surface area contributed by atoms with Gasteiger partial charge in [-0.05, 0) is 60.9 Å². The van der Waals surface area contributed by atoms with Crippen LogP contribution in [0.25, 0.3) is 12.2 Å². The molecule has 0 aliphatic rings. The van der Waals surface area contributed by atoms with Crippen molar-refractivity contribution in [2.75, 3.05) is 13.2 Å². The van der Waals surface area contributed by atoms with Gasteiger partial charge in [-0.2, -0.15) is 0 Å². The monoisotopic (exact) mass is 403 g/mol. The van der Waals surface area contributed by atoms with Crippen molar-refractivity contribution in [2.24, 2.45) is 0 Å². The lowest BCUT2D eigenvalue weighted by atomic mass is 10.1. The minimum atomic E-state index is -0.312. The second-order valence-electron chi connectivity index (χ2n) is 6.49. The molecule has 0 unspecified atom stereocenters. The van der Waals surface area contributed by atoms with Gasteiger partial charge >= 0.3 is 5.97 Å². The molecule has 3 rings (SSSR count). The molecule has 0 amide bonds. The third-order valence-electron chi connectivity index (χ3n) is 4.20. The molecule has 0 saturated carbocycles. The molecule has 1 heterocycles. The van der Waals surface area contributed by atoms with Crippen LogP contribution in [-0.2, 0) is 4.79 Å². The summed E-state index contributed by atoms with van der Waals surface area (Å²) in [4.78, 5) is 16.2. The molecule has 0 N–H and O–H groups in total. The first kappa shape index (κ1) is 21.1. The van der Waals surface area contributed by atoms with Crippen LogP contribution in [0, 0.1) is 0 Å². The van der Waals surface area contributed by atoms with E-state index in [9.17, 15) is 4.79 Å². The summed E-state index contributed by atoms with van der Waals surface area (Å²) in [5, 5.41) is 0. The van der Waals surface area contributed by atoms with Crippen molar-refractivity contribution in [3.63, 3.8) is 0 Å². The average molecular weight is 403 g/mol. The second-order valence-corrected chi connectivity index (χ2v) is 6.49. The number of para-hydroxylation sites is 1. The third kappa shape index (κ3) is 6.78. The Morgan fingerprint density at radius 3 is 2.43 bits per heavy atom. The molecule has 154 valence electrons. The van der Waals surface area contributed by atoms with Crippen LogP contribution in [0.1, 0.15) is 30.9 Å². The molecule has 0 fully saturated rings. The molecule has 5 nitrogen and oxygen atoms in total. The van der Waals surface area contributed by atoms with Crippen LogP contribution in [0.4, 0.5) is 0 Å². The molecule has 5 heteroatoms. The van der Waals surface area contributed by atoms with Gasteiger partial charge in [-0.3, -0.25) is 9.78 Å². The Kier molecular flexibility index (Phi) is 8.03. The minimum Gasteiger partial charge on any atom is -0.494 e. The lowest BCUT2D eigenvalue weighted by molar-refractivity contribution is -0.134. The molecular weight excluding hydrogens is 378 g/mol. The van der Waals surface area contributed by atoms with Gasteiger partial charge in [-0.1, -0.05) is 36.4 Å². The zero-order valence-corrected chi connectivity index (χ0v) is 17.0. The summed E-state index contributed by atoms with van der Waals surface area (Å²) in [6.45, 7) is 2.83. The Labute approximate surface area is 176 Å². The lowest BCUT2D eigenvalue weighted by Gasteiger charge is -2.11. The summed E-state index contributed by atoms with van der Waals surface area (Å²) < 4.78 is 16.8. The zero-order valence-electron chi connectivity index (χ0n) is 17.0. The summed E-state index contributed by atoms with van der Waals surface area (Å²) in [5.41, 5.74) is 2.00. The van der Waals surface area contributed by atoms with E-state index in [2.05, 4.69) is 4.98 Å². The van der Waals surface area contributed by atoms with Crippen LogP contribution in [0.5, 0.6) is 17.2 Å². The summed E-state index contributed by atoms with van der Waals surface area (Å²) in [5.74, 6) is 1.45. The Morgan fingerprint density at radius 1 is 0.900 bits per heavy atom.